The molecule has 1 heterocycles. The van der Waals surface area contributed by atoms with Gasteiger partial charge in [-0.1, -0.05) is 0 Å². The van der Waals surface area contributed by atoms with Gasteiger partial charge < -0.3 is 14.8 Å². The zero-order valence-corrected chi connectivity index (χ0v) is 5.50. The van der Waals surface area contributed by atoms with E-state index >= 15 is 0 Å². The molecule has 0 fully saturated rings. The van der Waals surface area contributed by atoms with Gasteiger partial charge in [0.25, 0.3) is 0 Å². The molecular weight excluding hydrogens is 132 g/mol. The molecule has 0 amide bonds. The van der Waals surface area contributed by atoms with Gasteiger partial charge in [0.1, 0.15) is 5.82 Å². The molecule has 1 rings (SSSR count). The lowest BCUT2D eigenvalue weighted by molar-refractivity contribution is -0.350. The number of aromatic amines is 1. The van der Waals surface area contributed by atoms with Crippen LogP contribution in [0.15, 0.2) is 18.3 Å². The number of rotatable bonds is 2. The van der Waals surface area contributed by atoms with E-state index in [0.717, 1.165) is 0 Å². The third-order valence-corrected chi connectivity index (χ3v) is 0.975. The van der Waals surface area contributed by atoms with Crippen LogP contribution in [-0.2, 0) is 4.74 Å². The summed E-state index contributed by atoms with van der Waals surface area (Å²) < 4.78 is 4.37. The molecular formula is C6H7N2O2-. The Labute approximate surface area is 58.2 Å². The molecule has 0 bridgehead atoms. The van der Waals surface area contributed by atoms with Crippen LogP contribution in [0.1, 0.15) is 5.82 Å². The third kappa shape index (κ3) is 1.51. The molecule has 1 N–H and O–H groups in total. The van der Waals surface area contributed by atoms with Gasteiger partial charge in [-0.15, -0.1) is 0 Å². The number of ether oxygens (including phenoxy) is 1. The number of H-pyrrole nitrogens is 1. The van der Waals surface area contributed by atoms with E-state index in [1.807, 2.05) is 0 Å². The summed E-state index contributed by atoms with van der Waals surface area (Å²) in [5.41, 5.74) is 0. The Balaban J connectivity index is 2.71. The second kappa shape index (κ2) is 2.91. The van der Waals surface area contributed by atoms with Crippen molar-refractivity contribution in [1.82, 2.24) is 9.97 Å². The van der Waals surface area contributed by atoms with E-state index < -0.39 is 5.95 Å². The van der Waals surface area contributed by atoms with E-state index in [2.05, 4.69) is 14.7 Å². The fourth-order valence-corrected chi connectivity index (χ4v) is 0.527. The van der Waals surface area contributed by atoms with Crippen LogP contribution >= 0.6 is 0 Å². The summed E-state index contributed by atoms with van der Waals surface area (Å²) >= 11 is 0. The first-order chi connectivity index (χ1) is 4.83. The first-order valence-corrected chi connectivity index (χ1v) is 2.75. The van der Waals surface area contributed by atoms with Crippen molar-refractivity contribution in [3.05, 3.63) is 24.2 Å². The number of methoxy groups -OCH3 is 1. The standard InChI is InChI=1S/C6H8N2O2/c1-10-6(9)4-5-7-2-3-8-5/h2-4,9H,1H3,(H,7,8)/p-1/b6-4+. The van der Waals surface area contributed by atoms with Gasteiger partial charge in [0, 0.05) is 18.5 Å². The van der Waals surface area contributed by atoms with Gasteiger partial charge in [0.15, 0.2) is 0 Å². The number of aromatic nitrogens is 2. The molecule has 0 spiro atoms. The fraction of sp³-hybridized carbons (Fsp3) is 0.167. The summed E-state index contributed by atoms with van der Waals surface area (Å²) in [6.45, 7) is 0. The molecule has 0 saturated heterocycles. The van der Waals surface area contributed by atoms with E-state index in [1.165, 1.54) is 13.2 Å². The van der Waals surface area contributed by atoms with Crippen molar-refractivity contribution in [3.63, 3.8) is 0 Å². The molecule has 0 saturated carbocycles. The number of imidazole rings is 1. The molecule has 1 aromatic heterocycles. The molecule has 1 aromatic rings. The second-order valence-electron chi connectivity index (χ2n) is 1.64. The van der Waals surface area contributed by atoms with E-state index in [4.69, 9.17) is 0 Å². The van der Waals surface area contributed by atoms with Crippen molar-refractivity contribution in [3.8, 4) is 0 Å². The highest BCUT2D eigenvalue weighted by atomic mass is 16.6. The lowest BCUT2D eigenvalue weighted by Gasteiger charge is -2.05. The average Bonchev–Trinajstić information content (AvgIpc) is 2.40. The van der Waals surface area contributed by atoms with Gasteiger partial charge in [-0.2, -0.15) is 0 Å². The topological polar surface area (TPSA) is 61.0 Å². The highest BCUT2D eigenvalue weighted by Gasteiger charge is 1.85. The van der Waals surface area contributed by atoms with Gasteiger partial charge in [-0.25, -0.2) is 4.98 Å². The molecule has 0 unspecified atom stereocenters. The van der Waals surface area contributed by atoms with Gasteiger partial charge in [0.2, 0.25) is 0 Å². The van der Waals surface area contributed by atoms with E-state index in [9.17, 15) is 5.11 Å². The van der Waals surface area contributed by atoms with E-state index in [0.29, 0.717) is 5.82 Å². The van der Waals surface area contributed by atoms with Crippen LogP contribution in [0.5, 0.6) is 0 Å². The third-order valence-electron chi connectivity index (χ3n) is 0.975. The second-order valence-corrected chi connectivity index (χ2v) is 1.64. The van der Waals surface area contributed by atoms with Crippen molar-refractivity contribution < 1.29 is 9.84 Å². The average molecular weight is 139 g/mol. The summed E-state index contributed by atoms with van der Waals surface area (Å²) in [5, 5.41) is 10.5. The lowest BCUT2D eigenvalue weighted by atomic mass is 10.6. The Morgan fingerprint density at radius 1 is 1.90 bits per heavy atom. The number of hydrogen-bond acceptors (Lipinski definition) is 3. The Morgan fingerprint density at radius 2 is 2.70 bits per heavy atom. The van der Waals surface area contributed by atoms with Gasteiger partial charge in [-0.3, -0.25) is 0 Å². The summed E-state index contributed by atoms with van der Waals surface area (Å²) in [7, 11) is 1.32. The first-order valence-electron chi connectivity index (χ1n) is 2.75. The summed E-state index contributed by atoms with van der Waals surface area (Å²) in [6, 6.07) is 0. The van der Waals surface area contributed by atoms with Crippen LogP contribution < -0.4 is 5.11 Å². The monoisotopic (exact) mass is 139 g/mol. The molecule has 54 valence electrons. The van der Waals surface area contributed by atoms with Crippen molar-refractivity contribution in [2.45, 2.75) is 0 Å². The van der Waals surface area contributed by atoms with Crippen molar-refractivity contribution >= 4 is 6.08 Å². The minimum Gasteiger partial charge on any atom is -0.616 e. The number of nitrogens with one attached hydrogen (secondary N) is 1. The zero-order chi connectivity index (χ0) is 7.40. The van der Waals surface area contributed by atoms with E-state index in [-0.39, 0.29) is 0 Å². The molecule has 0 radical (unpaired) electrons. The maximum absolute atomic E-state index is 10.5. The largest absolute Gasteiger partial charge is 0.616 e. The molecule has 10 heavy (non-hydrogen) atoms. The minimum atomic E-state index is -0.407. The van der Waals surface area contributed by atoms with E-state index in [1.54, 1.807) is 12.4 Å². The Bertz CT molecular complexity index is 216. The van der Waals surface area contributed by atoms with Gasteiger partial charge in [-0.05, 0) is 7.11 Å². The molecule has 4 heteroatoms. The maximum atomic E-state index is 10.5. The van der Waals surface area contributed by atoms with Crippen LogP contribution in [0.25, 0.3) is 6.08 Å². The van der Waals surface area contributed by atoms with Crippen LogP contribution in [0.3, 0.4) is 0 Å². The predicted octanol–water partition coefficient (Wildman–Crippen LogP) is -0.285. The van der Waals surface area contributed by atoms with Gasteiger partial charge >= 0.3 is 0 Å². The van der Waals surface area contributed by atoms with Crippen LogP contribution in [-0.4, -0.2) is 17.1 Å². The molecule has 4 nitrogen and oxygen atoms in total. The smallest absolute Gasteiger partial charge is 0.131 e. The lowest BCUT2D eigenvalue weighted by Crippen LogP contribution is -2.04. The summed E-state index contributed by atoms with van der Waals surface area (Å²) in [4.78, 5) is 6.53. The summed E-state index contributed by atoms with van der Waals surface area (Å²) in [5.74, 6) is 0.0989. The molecule has 0 aliphatic rings. The van der Waals surface area contributed by atoms with Crippen molar-refractivity contribution in [1.29, 1.82) is 0 Å². The van der Waals surface area contributed by atoms with Crippen LogP contribution in [0.4, 0.5) is 0 Å². The number of nitrogens with zero attached hydrogens (tertiary/aromatic N) is 1. The fourth-order valence-electron chi connectivity index (χ4n) is 0.527. The maximum Gasteiger partial charge on any atom is 0.131 e. The van der Waals surface area contributed by atoms with Crippen molar-refractivity contribution in [2.75, 3.05) is 7.11 Å². The molecule has 0 aromatic carbocycles. The first kappa shape index (κ1) is 6.67. The SMILES string of the molecule is CO/C([O-])=C/c1ncc[nH]1. The zero-order valence-electron chi connectivity index (χ0n) is 5.50. The van der Waals surface area contributed by atoms with Crippen molar-refractivity contribution in [2.24, 2.45) is 0 Å². The predicted molar refractivity (Wildman–Crippen MR) is 33.6 cm³/mol. The number of hydrogen-bond donors (Lipinski definition) is 1. The molecule has 0 aliphatic carbocycles. The highest BCUT2D eigenvalue weighted by Crippen LogP contribution is 1.94. The highest BCUT2D eigenvalue weighted by molar-refractivity contribution is 5.39. The van der Waals surface area contributed by atoms with Gasteiger partial charge in [0.05, 0.1) is 5.95 Å². The van der Waals surface area contributed by atoms with Crippen LogP contribution in [0, 0.1) is 0 Å². The Hall–Kier alpha value is -1.45. The quantitative estimate of drug-likeness (QED) is 0.573. The normalized spacial score (nSPS) is 11.5. The Morgan fingerprint density at radius 3 is 3.20 bits per heavy atom. The minimum absolute atomic E-state index is 0.407. The molecule has 0 aliphatic heterocycles. The molecule has 0 atom stereocenters. The summed E-state index contributed by atoms with van der Waals surface area (Å²) in [6.07, 6.45) is 4.48. The Kier molecular flexibility index (Phi) is 1.94. The van der Waals surface area contributed by atoms with Crippen LogP contribution in [0.2, 0.25) is 0 Å².